The van der Waals surface area contributed by atoms with Gasteiger partial charge in [-0.15, -0.1) is 0 Å². The van der Waals surface area contributed by atoms with E-state index in [1.165, 1.54) is 0 Å². The molecule has 2 N–H and O–H groups in total. The Bertz CT molecular complexity index is 986. The molecule has 7 nitrogen and oxygen atoms in total. The van der Waals surface area contributed by atoms with Crippen molar-refractivity contribution in [3.05, 3.63) is 58.7 Å². The Hall–Kier alpha value is -3.48. The number of carbonyl (C=O) groups excluding carboxylic acids is 3. The van der Waals surface area contributed by atoms with E-state index in [9.17, 15) is 19.6 Å². The molecule has 2 aromatic rings. The predicted molar refractivity (Wildman–Crippen MR) is 106 cm³/mol. The molecule has 0 saturated carbocycles. The van der Waals surface area contributed by atoms with Crippen molar-refractivity contribution in [3.63, 3.8) is 0 Å². The molecule has 1 atom stereocenters. The number of nitrogens with zero attached hydrogens (tertiary/aromatic N) is 2. The normalized spacial score (nSPS) is 18.1. The van der Waals surface area contributed by atoms with Crippen LogP contribution in [0.2, 0.25) is 0 Å². The lowest BCUT2D eigenvalue weighted by Crippen LogP contribution is -2.35. The van der Waals surface area contributed by atoms with Crippen LogP contribution in [0, 0.1) is 33.6 Å². The van der Waals surface area contributed by atoms with Crippen LogP contribution in [0.15, 0.2) is 41.6 Å². The number of carbonyl (C=O) groups is 3. The maximum atomic E-state index is 13.0. The monoisotopic (exact) mass is 379 g/mol. The second-order valence-electron chi connectivity index (χ2n) is 6.89. The van der Waals surface area contributed by atoms with Crippen LogP contribution in [0.4, 0.5) is 11.4 Å². The summed E-state index contributed by atoms with van der Waals surface area (Å²) in [6.07, 6.45) is 0. The molecule has 0 aromatic heterocycles. The fraction of sp³-hybridized carbons (Fsp3) is 0.238. The second-order valence-corrected chi connectivity index (χ2v) is 6.89. The van der Waals surface area contributed by atoms with Crippen LogP contribution in [-0.2, 0) is 14.4 Å². The van der Waals surface area contributed by atoms with Gasteiger partial charge in [-0.3, -0.25) is 14.4 Å². The van der Waals surface area contributed by atoms with Crippen molar-refractivity contribution in [2.24, 2.45) is 11.1 Å². The highest BCUT2D eigenvalue weighted by atomic mass is 16.4. The molecule has 7 heteroatoms. The topological polar surface area (TPSA) is 99.1 Å². The first-order chi connectivity index (χ1) is 13.3. The van der Waals surface area contributed by atoms with Gasteiger partial charge in [0.05, 0.1) is 5.69 Å². The minimum Gasteiger partial charge on any atom is -0.410 e. The van der Waals surface area contributed by atoms with E-state index >= 15 is 0 Å². The van der Waals surface area contributed by atoms with Gasteiger partial charge in [-0.1, -0.05) is 41.6 Å². The molecule has 0 aliphatic carbocycles. The van der Waals surface area contributed by atoms with E-state index in [4.69, 9.17) is 0 Å². The fourth-order valence-electron chi connectivity index (χ4n) is 3.50. The van der Waals surface area contributed by atoms with Crippen molar-refractivity contribution >= 4 is 34.8 Å². The lowest BCUT2D eigenvalue weighted by atomic mass is 10.0. The number of aryl methyl sites for hydroxylation is 4. The molecule has 0 spiro atoms. The molecule has 1 heterocycles. The van der Waals surface area contributed by atoms with Crippen LogP contribution < -0.4 is 10.2 Å². The molecular weight excluding hydrogens is 358 g/mol. The zero-order chi connectivity index (χ0) is 20.6. The molecule has 1 aliphatic heterocycles. The van der Waals surface area contributed by atoms with Gasteiger partial charge in [0.1, 0.15) is 0 Å². The van der Waals surface area contributed by atoms with Crippen LogP contribution in [-0.4, -0.2) is 28.6 Å². The van der Waals surface area contributed by atoms with E-state index in [0.29, 0.717) is 22.5 Å². The minimum atomic E-state index is -1.52. The third kappa shape index (κ3) is 3.05. The smallest absolute Gasteiger partial charge is 0.284 e. The highest BCUT2D eigenvalue weighted by Crippen LogP contribution is 2.32. The van der Waals surface area contributed by atoms with E-state index in [1.54, 1.807) is 26.0 Å². The summed E-state index contributed by atoms with van der Waals surface area (Å²) in [5.41, 5.74) is 3.52. The van der Waals surface area contributed by atoms with Crippen molar-refractivity contribution in [3.8, 4) is 0 Å². The Morgan fingerprint density at radius 1 is 0.964 bits per heavy atom. The lowest BCUT2D eigenvalue weighted by Gasteiger charge is -2.19. The van der Waals surface area contributed by atoms with Crippen LogP contribution in [0.1, 0.15) is 22.3 Å². The molecule has 1 saturated heterocycles. The van der Waals surface area contributed by atoms with E-state index in [0.717, 1.165) is 16.0 Å². The van der Waals surface area contributed by atoms with Gasteiger partial charge in [-0.05, 0) is 49.9 Å². The van der Waals surface area contributed by atoms with Crippen molar-refractivity contribution < 1.29 is 19.6 Å². The Morgan fingerprint density at radius 2 is 1.46 bits per heavy atom. The SMILES string of the molecule is Cc1cccc(C)c1NC(=O)C1C(=O)N(c2c(C)cccc2C)C(=O)/C1=N\O. The van der Waals surface area contributed by atoms with Gasteiger partial charge >= 0.3 is 0 Å². The first-order valence-electron chi connectivity index (χ1n) is 8.81. The summed E-state index contributed by atoms with van der Waals surface area (Å²) in [5, 5.41) is 15.1. The van der Waals surface area contributed by atoms with Crippen molar-refractivity contribution in [1.29, 1.82) is 0 Å². The Morgan fingerprint density at radius 3 is 1.96 bits per heavy atom. The molecule has 144 valence electrons. The van der Waals surface area contributed by atoms with Crippen LogP contribution in [0.25, 0.3) is 0 Å². The van der Waals surface area contributed by atoms with Crippen molar-refractivity contribution in [1.82, 2.24) is 0 Å². The highest BCUT2D eigenvalue weighted by molar-refractivity contribution is 6.61. The quantitative estimate of drug-likeness (QED) is 0.371. The third-order valence-corrected chi connectivity index (χ3v) is 4.93. The molecule has 1 fully saturated rings. The molecule has 28 heavy (non-hydrogen) atoms. The third-order valence-electron chi connectivity index (χ3n) is 4.93. The average molecular weight is 379 g/mol. The Kier molecular flexibility index (Phi) is 5.00. The van der Waals surface area contributed by atoms with Gasteiger partial charge in [0, 0.05) is 5.69 Å². The number of para-hydroxylation sites is 2. The van der Waals surface area contributed by atoms with Gasteiger partial charge in [-0.25, -0.2) is 4.90 Å². The molecule has 0 bridgehead atoms. The van der Waals surface area contributed by atoms with Gasteiger partial charge in [-0.2, -0.15) is 0 Å². The summed E-state index contributed by atoms with van der Waals surface area (Å²) in [4.78, 5) is 39.6. The number of anilines is 2. The zero-order valence-electron chi connectivity index (χ0n) is 16.1. The summed E-state index contributed by atoms with van der Waals surface area (Å²) in [6, 6.07) is 10.9. The molecule has 0 radical (unpaired) electrons. The van der Waals surface area contributed by atoms with Crippen LogP contribution >= 0.6 is 0 Å². The summed E-state index contributed by atoms with van der Waals surface area (Å²) in [6.45, 7) is 7.19. The molecule has 2 aromatic carbocycles. The number of nitrogens with one attached hydrogen (secondary N) is 1. The second kappa shape index (κ2) is 7.26. The maximum Gasteiger partial charge on any atom is 0.284 e. The number of benzene rings is 2. The van der Waals surface area contributed by atoms with Gasteiger partial charge in [0.2, 0.25) is 5.91 Å². The largest absolute Gasteiger partial charge is 0.410 e. The summed E-state index contributed by atoms with van der Waals surface area (Å²) in [5.74, 6) is -3.77. The predicted octanol–water partition coefficient (Wildman–Crippen LogP) is 2.88. The van der Waals surface area contributed by atoms with Crippen molar-refractivity contribution in [2.75, 3.05) is 10.2 Å². The summed E-state index contributed by atoms with van der Waals surface area (Å²) in [7, 11) is 0. The van der Waals surface area contributed by atoms with Gasteiger partial charge in [0.15, 0.2) is 11.6 Å². The fourth-order valence-corrected chi connectivity index (χ4v) is 3.50. The van der Waals surface area contributed by atoms with Crippen molar-refractivity contribution in [2.45, 2.75) is 27.7 Å². The summed E-state index contributed by atoms with van der Waals surface area (Å²) >= 11 is 0. The van der Waals surface area contributed by atoms with E-state index in [1.807, 2.05) is 38.1 Å². The lowest BCUT2D eigenvalue weighted by molar-refractivity contribution is -0.127. The number of amides is 3. The van der Waals surface area contributed by atoms with Gasteiger partial charge < -0.3 is 10.5 Å². The van der Waals surface area contributed by atoms with Gasteiger partial charge in [0.25, 0.3) is 11.8 Å². The first-order valence-corrected chi connectivity index (χ1v) is 8.81. The highest BCUT2D eigenvalue weighted by Gasteiger charge is 2.51. The Labute approximate surface area is 162 Å². The number of imide groups is 1. The maximum absolute atomic E-state index is 13.0. The average Bonchev–Trinajstić information content (AvgIpc) is 2.89. The number of rotatable bonds is 3. The van der Waals surface area contributed by atoms with Crippen LogP contribution in [0.5, 0.6) is 0 Å². The first kappa shape index (κ1) is 19.3. The molecule has 1 aliphatic rings. The van der Waals surface area contributed by atoms with E-state index in [2.05, 4.69) is 10.5 Å². The van der Waals surface area contributed by atoms with Crippen LogP contribution in [0.3, 0.4) is 0 Å². The molecule has 3 rings (SSSR count). The Balaban J connectivity index is 2.01. The number of hydrogen-bond donors (Lipinski definition) is 2. The zero-order valence-corrected chi connectivity index (χ0v) is 16.1. The standard InChI is InChI=1S/C21H21N3O4/c1-11-7-5-8-12(2)16(11)22-19(25)15-17(23-28)21(27)24(20(15)26)18-13(3)9-6-10-14(18)4/h5-10,15,28H,1-4H3,(H,22,25)/b23-17-. The van der Waals surface area contributed by atoms with E-state index < -0.39 is 29.4 Å². The minimum absolute atomic E-state index is 0.404. The molecule has 1 unspecified atom stereocenters. The number of hydrogen-bond acceptors (Lipinski definition) is 5. The molecular formula is C21H21N3O4. The number of oxime groups is 1. The van der Waals surface area contributed by atoms with E-state index in [-0.39, 0.29) is 0 Å². The summed E-state index contributed by atoms with van der Waals surface area (Å²) < 4.78 is 0. The molecule has 3 amide bonds.